The Balaban J connectivity index is 1.67. The van der Waals surface area contributed by atoms with E-state index in [-0.39, 0.29) is 5.91 Å². The number of aromatic nitrogens is 1. The van der Waals surface area contributed by atoms with Crippen LogP contribution in [0.5, 0.6) is 11.5 Å². The van der Waals surface area contributed by atoms with Crippen molar-refractivity contribution in [3.05, 3.63) is 82.9 Å². The van der Waals surface area contributed by atoms with Crippen molar-refractivity contribution in [1.82, 2.24) is 9.88 Å². The maximum absolute atomic E-state index is 13.8. The first-order valence-corrected chi connectivity index (χ1v) is 12.6. The van der Waals surface area contributed by atoms with E-state index in [1.165, 1.54) is 11.3 Å². The van der Waals surface area contributed by atoms with Crippen LogP contribution in [0.1, 0.15) is 29.8 Å². The number of fused-ring (bicyclic) bond motifs is 1. The molecule has 1 heterocycles. The van der Waals surface area contributed by atoms with Gasteiger partial charge in [0, 0.05) is 23.7 Å². The molecule has 0 fully saturated rings. The molecule has 0 bridgehead atoms. The highest BCUT2D eigenvalue weighted by Gasteiger charge is 2.23. The van der Waals surface area contributed by atoms with Crippen molar-refractivity contribution < 1.29 is 9.53 Å². The van der Waals surface area contributed by atoms with Crippen LogP contribution in [0, 0.1) is 6.92 Å². The topological polar surface area (TPSA) is 45.7 Å². The maximum atomic E-state index is 13.8. The number of hydrogen-bond donors (Lipinski definition) is 0. The summed E-state index contributed by atoms with van der Waals surface area (Å²) in [4.78, 5) is 22.7. The van der Waals surface area contributed by atoms with Crippen molar-refractivity contribution in [2.24, 2.45) is 0 Å². The molecule has 5 nitrogen and oxygen atoms in total. The molecular formula is C27H28ClN3O2S. The molecule has 0 N–H and O–H groups in total. The summed E-state index contributed by atoms with van der Waals surface area (Å²) in [5.41, 5.74) is 2.44. The molecule has 4 rings (SSSR count). The van der Waals surface area contributed by atoms with Crippen LogP contribution in [-0.4, -0.2) is 42.0 Å². The van der Waals surface area contributed by atoms with Crippen LogP contribution < -0.4 is 9.64 Å². The highest BCUT2D eigenvalue weighted by Crippen LogP contribution is 2.34. The van der Waals surface area contributed by atoms with Gasteiger partial charge >= 0.3 is 0 Å². The number of benzene rings is 3. The van der Waals surface area contributed by atoms with Crippen molar-refractivity contribution in [2.45, 2.75) is 20.8 Å². The number of hydrogen-bond acceptors (Lipinski definition) is 5. The predicted molar refractivity (Wildman–Crippen MR) is 142 cm³/mol. The summed E-state index contributed by atoms with van der Waals surface area (Å²) >= 11 is 7.76. The first-order chi connectivity index (χ1) is 16.5. The van der Waals surface area contributed by atoms with E-state index < -0.39 is 0 Å². The lowest BCUT2D eigenvalue weighted by atomic mass is 10.2. The van der Waals surface area contributed by atoms with E-state index in [1.54, 1.807) is 11.0 Å². The van der Waals surface area contributed by atoms with Gasteiger partial charge in [-0.2, -0.15) is 0 Å². The van der Waals surface area contributed by atoms with Gasteiger partial charge in [-0.25, -0.2) is 4.98 Å². The van der Waals surface area contributed by atoms with Crippen molar-refractivity contribution in [2.75, 3.05) is 31.1 Å². The molecule has 176 valence electrons. The number of thiazole rings is 1. The summed E-state index contributed by atoms with van der Waals surface area (Å²) in [5.74, 6) is 1.24. The van der Waals surface area contributed by atoms with Gasteiger partial charge in [0.1, 0.15) is 11.5 Å². The van der Waals surface area contributed by atoms with E-state index in [9.17, 15) is 4.79 Å². The second-order valence-corrected chi connectivity index (χ2v) is 9.44. The Kier molecular flexibility index (Phi) is 7.83. The molecule has 4 aromatic rings. The van der Waals surface area contributed by atoms with Crippen LogP contribution in [0.15, 0.2) is 66.7 Å². The number of aryl methyl sites for hydroxylation is 1. The van der Waals surface area contributed by atoms with E-state index >= 15 is 0 Å². The van der Waals surface area contributed by atoms with Gasteiger partial charge in [0.05, 0.1) is 10.2 Å². The molecular weight excluding hydrogens is 466 g/mol. The zero-order valence-electron chi connectivity index (χ0n) is 19.6. The van der Waals surface area contributed by atoms with Gasteiger partial charge in [0.15, 0.2) is 5.13 Å². The molecule has 0 radical (unpaired) electrons. The van der Waals surface area contributed by atoms with E-state index in [1.807, 2.05) is 67.6 Å². The minimum absolute atomic E-state index is 0.103. The van der Waals surface area contributed by atoms with Crippen LogP contribution in [0.2, 0.25) is 5.02 Å². The fourth-order valence-electron chi connectivity index (χ4n) is 3.80. The monoisotopic (exact) mass is 493 g/mol. The summed E-state index contributed by atoms with van der Waals surface area (Å²) in [6, 6.07) is 20.7. The lowest BCUT2D eigenvalue weighted by Gasteiger charge is -2.25. The number of ether oxygens (including phenoxy) is 1. The van der Waals surface area contributed by atoms with Crippen LogP contribution in [0.4, 0.5) is 5.13 Å². The first kappa shape index (κ1) is 24.2. The maximum Gasteiger partial charge on any atom is 0.260 e. The van der Waals surface area contributed by atoms with Gasteiger partial charge in [0.25, 0.3) is 5.91 Å². The summed E-state index contributed by atoms with van der Waals surface area (Å²) in [7, 11) is 0. The SMILES string of the molecule is CCN(CC)CCN(C(=O)c1cccc(Oc2ccccc2)c1)c1nc2c(C)cc(Cl)cc2s1. The number of para-hydroxylation sites is 1. The van der Waals surface area contributed by atoms with Crippen molar-refractivity contribution in [1.29, 1.82) is 0 Å². The molecule has 0 saturated carbocycles. The van der Waals surface area contributed by atoms with Crippen LogP contribution >= 0.6 is 22.9 Å². The largest absolute Gasteiger partial charge is 0.457 e. The van der Waals surface area contributed by atoms with Gasteiger partial charge in [0.2, 0.25) is 0 Å². The summed E-state index contributed by atoms with van der Waals surface area (Å²) in [6.07, 6.45) is 0. The molecule has 7 heteroatoms. The molecule has 0 saturated heterocycles. The molecule has 1 amide bonds. The zero-order valence-corrected chi connectivity index (χ0v) is 21.2. The molecule has 3 aromatic carbocycles. The number of halogens is 1. The lowest BCUT2D eigenvalue weighted by Crippen LogP contribution is -2.38. The summed E-state index contributed by atoms with van der Waals surface area (Å²) < 4.78 is 6.93. The molecule has 1 aromatic heterocycles. The summed E-state index contributed by atoms with van der Waals surface area (Å²) in [6.45, 7) is 9.39. The standard InChI is InChI=1S/C27H28ClN3O2S/c1-4-30(5-2)14-15-31(27-29-25-19(3)16-21(28)18-24(25)34-27)26(32)20-10-9-13-23(17-20)33-22-11-7-6-8-12-22/h6-13,16-18H,4-5,14-15H2,1-3H3. The number of carbonyl (C=O) groups excluding carboxylic acids is 1. The molecule has 0 spiro atoms. The fourth-order valence-corrected chi connectivity index (χ4v) is 5.24. The summed E-state index contributed by atoms with van der Waals surface area (Å²) in [5, 5.41) is 1.35. The molecule has 34 heavy (non-hydrogen) atoms. The highest BCUT2D eigenvalue weighted by molar-refractivity contribution is 7.22. The third-order valence-corrected chi connectivity index (χ3v) is 6.95. The van der Waals surface area contributed by atoms with Crippen LogP contribution in [0.3, 0.4) is 0 Å². The molecule has 0 aliphatic carbocycles. The van der Waals surface area contributed by atoms with Crippen LogP contribution in [0.25, 0.3) is 10.2 Å². The molecule has 0 atom stereocenters. The Morgan fingerprint density at radius 1 is 0.971 bits per heavy atom. The van der Waals surface area contributed by atoms with Gasteiger partial charge in [-0.15, -0.1) is 0 Å². The zero-order chi connectivity index (χ0) is 24.1. The molecule has 0 aliphatic rings. The van der Waals surface area contributed by atoms with Gasteiger partial charge in [-0.1, -0.05) is 61.1 Å². The van der Waals surface area contributed by atoms with E-state index in [2.05, 4.69) is 18.7 Å². The Labute approximate surface area is 209 Å². The normalized spacial score (nSPS) is 11.2. The van der Waals surface area contributed by atoms with Gasteiger partial charge in [-0.05, 0) is 68.0 Å². The third-order valence-electron chi connectivity index (χ3n) is 5.71. The third kappa shape index (κ3) is 5.58. The number of likely N-dealkylation sites (N-methyl/N-ethyl adjacent to an activating group) is 1. The second-order valence-electron chi connectivity index (χ2n) is 7.99. The Morgan fingerprint density at radius 3 is 2.44 bits per heavy atom. The number of rotatable bonds is 9. The quantitative estimate of drug-likeness (QED) is 0.251. The number of anilines is 1. The average molecular weight is 494 g/mol. The Hall–Kier alpha value is -2.93. The molecule has 0 unspecified atom stereocenters. The number of carbonyl (C=O) groups is 1. The lowest BCUT2D eigenvalue weighted by molar-refractivity contribution is 0.0983. The van der Waals surface area contributed by atoms with Gasteiger partial charge < -0.3 is 9.64 Å². The van der Waals surface area contributed by atoms with E-state index in [0.29, 0.717) is 28.0 Å². The predicted octanol–water partition coefficient (Wildman–Crippen LogP) is 7.04. The number of amides is 1. The number of nitrogens with zero attached hydrogens (tertiary/aromatic N) is 3. The Morgan fingerprint density at radius 2 is 1.71 bits per heavy atom. The smallest absolute Gasteiger partial charge is 0.260 e. The van der Waals surface area contributed by atoms with Crippen molar-refractivity contribution in [3.63, 3.8) is 0 Å². The second kappa shape index (κ2) is 11.0. The van der Waals surface area contributed by atoms with Gasteiger partial charge in [-0.3, -0.25) is 9.69 Å². The van der Waals surface area contributed by atoms with E-state index in [4.69, 9.17) is 21.3 Å². The minimum Gasteiger partial charge on any atom is -0.457 e. The van der Waals surface area contributed by atoms with Crippen LogP contribution in [-0.2, 0) is 0 Å². The first-order valence-electron chi connectivity index (χ1n) is 11.4. The van der Waals surface area contributed by atoms with Crippen molar-refractivity contribution >= 4 is 44.2 Å². The molecule has 0 aliphatic heterocycles. The average Bonchev–Trinajstić information content (AvgIpc) is 3.26. The fraction of sp³-hybridized carbons (Fsp3) is 0.259. The van der Waals surface area contributed by atoms with E-state index in [0.717, 1.165) is 41.2 Å². The highest BCUT2D eigenvalue weighted by atomic mass is 35.5. The van der Waals surface area contributed by atoms with Crippen molar-refractivity contribution in [3.8, 4) is 11.5 Å². The minimum atomic E-state index is -0.103. The Bertz CT molecular complexity index is 1270.